The standard InChI is InChI=1S/C10H7F3O3/c1-4(14)2-5-3-6(11)7(10(15)16)9(13)8(5)12/h3H,2H2,1H3,(H,15,16). The molecule has 0 spiro atoms. The predicted molar refractivity (Wildman–Crippen MR) is 47.7 cm³/mol. The molecule has 0 bridgehead atoms. The van der Waals surface area contributed by atoms with Crippen LogP contribution in [0.1, 0.15) is 22.8 Å². The van der Waals surface area contributed by atoms with Crippen LogP contribution in [0.4, 0.5) is 13.2 Å². The summed E-state index contributed by atoms with van der Waals surface area (Å²) < 4.78 is 39.4. The van der Waals surface area contributed by atoms with Crippen LogP contribution in [0.25, 0.3) is 0 Å². The molecular weight excluding hydrogens is 225 g/mol. The summed E-state index contributed by atoms with van der Waals surface area (Å²) in [5, 5.41) is 8.43. The molecule has 0 unspecified atom stereocenters. The lowest BCUT2D eigenvalue weighted by molar-refractivity contribution is -0.116. The zero-order chi connectivity index (χ0) is 12.5. The molecule has 86 valence electrons. The zero-order valence-electron chi connectivity index (χ0n) is 8.18. The first kappa shape index (κ1) is 12.2. The maximum atomic E-state index is 13.2. The number of hydrogen-bond donors (Lipinski definition) is 1. The summed E-state index contributed by atoms with van der Waals surface area (Å²) in [7, 11) is 0. The minimum atomic E-state index is -1.90. The molecule has 1 aromatic rings. The fraction of sp³-hybridized carbons (Fsp3) is 0.200. The van der Waals surface area contributed by atoms with Crippen LogP contribution in [0, 0.1) is 17.5 Å². The fourth-order valence-corrected chi connectivity index (χ4v) is 1.24. The van der Waals surface area contributed by atoms with Gasteiger partial charge < -0.3 is 5.11 Å². The van der Waals surface area contributed by atoms with Gasteiger partial charge in [0.05, 0.1) is 0 Å². The number of rotatable bonds is 3. The number of halogens is 3. The third-order valence-corrected chi connectivity index (χ3v) is 1.89. The van der Waals surface area contributed by atoms with Crippen LogP contribution in [0.2, 0.25) is 0 Å². The second-order valence-corrected chi connectivity index (χ2v) is 3.20. The van der Waals surface area contributed by atoms with Gasteiger partial charge in [0.25, 0.3) is 0 Å². The van der Waals surface area contributed by atoms with E-state index in [-0.39, 0.29) is 0 Å². The maximum Gasteiger partial charge on any atom is 0.341 e. The summed E-state index contributed by atoms with van der Waals surface area (Å²) in [4.78, 5) is 21.1. The molecule has 3 nitrogen and oxygen atoms in total. The smallest absolute Gasteiger partial charge is 0.341 e. The molecule has 0 saturated carbocycles. The molecule has 0 amide bonds. The number of ketones is 1. The summed E-state index contributed by atoms with van der Waals surface area (Å²) in [6.07, 6.45) is -0.487. The van der Waals surface area contributed by atoms with Gasteiger partial charge >= 0.3 is 5.97 Å². The molecule has 0 atom stereocenters. The third-order valence-electron chi connectivity index (χ3n) is 1.89. The highest BCUT2D eigenvalue weighted by Crippen LogP contribution is 2.20. The number of carbonyl (C=O) groups excluding carboxylic acids is 1. The van der Waals surface area contributed by atoms with Gasteiger partial charge in [0.2, 0.25) is 0 Å². The Morgan fingerprint density at radius 3 is 2.25 bits per heavy atom. The molecule has 0 saturated heterocycles. The minimum Gasteiger partial charge on any atom is -0.477 e. The Kier molecular flexibility index (Phi) is 3.31. The number of carbonyl (C=O) groups is 2. The maximum absolute atomic E-state index is 13.2. The molecule has 0 aliphatic carbocycles. The average molecular weight is 232 g/mol. The number of carboxylic acid groups (broad SMARTS) is 1. The highest BCUT2D eigenvalue weighted by molar-refractivity contribution is 5.88. The molecule has 0 aliphatic rings. The van der Waals surface area contributed by atoms with E-state index in [2.05, 4.69) is 0 Å². The van der Waals surface area contributed by atoms with Gasteiger partial charge in [-0.05, 0) is 13.0 Å². The van der Waals surface area contributed by atoms with Gasteiger partial charge in [-0.15, -0.1) is 0 Å². The van der Waals surface area contributed by atoms with Crippen molar-refractivity contribution in [3.8, 4) is 0 Å². The first-order valence-electron chi connectivity index (χ1n) is 4.23. The number of hydrogen-bond acceptors (Lipinski definition) is 2. The van der Waals surface area contributed by atoms with Crippen molar-refractivity contribution in [2.24, 2.45) is 0 Å². The quantitative estimate of drug-likeness (QED) is 0.810. The van der Waals surface area contributed by atoms with Gasteiger partial charge in [-0.3, -0.25) is 4.79 Å². The molecule has 1 N–H and O–H groups in total. The first-order chi connectivity index (χ1) is 7.34. The SMILES string of the molecule is CC(=O)Cc1cc(F)c(C(=O)O)c(F)c1F. The van der Waals surface area contributed by atoms with Crippen LogP contribution in [0.3, 0.4) is 0 Å². The van der Waals surface area contributed by atoms with E-state index in [0.717, 1.165) is 6.92 Å². The molecule has 0 aromatic heterocycles. The summed E-state index contributed by atoms with van der Waals surface area (Å²) in [6, 6.07) is 0.517. The van der Waals surface area contributed by atoms with E-state index in [4.69, 9.17) is 5.11 Å². The van der Waals surface area contributed by atoms with E-state index >= 15 is 0 Å². The molecule has 6 heteroatoms. The topological polar surface area (TPSA) is 54.4 Å². The second kappa shape index (κ2) is 4.34. The van der Waals surface area contributed by atoms with Crippen LogP contribution < -0.4 is 0 Å². The normalized spacial score (nSPS) is 10.2. The Bertz CT molecular complexity index is 469. The average Bonchev–Trinajstić information content (AvgIpc) is 2.12. The van der Waals surface area contributed by atoms with Crippen molar-refractivity contribution >= 4 is 11.8 Å². The third kappa shape index (κ3) is 2.21. The Labute approximate surface area is 88.5 Å². The van der Waals surface area contributed by atoms with Crippen molar-refractivity contribution in [1.29, 1.82) is 0 Å². The molecule has 0 fully saturated rings. The van der Waals surface area contributed by atoms with Crippen molar-refractivity contribution in [2.75, 3.05) is 0 Å². The van der Waals surface area contributed by atoms with Crippen LogP contribution in [0.5, 0.6) is 0 Å². The lowest BCUT2D eigenvalue weighted by atomic mass is 10.0. The fourth-order valence-electron chi connectivity index (χ4n) is 1.24. The predicted octanol–water partition coefficient (Wildman–Crippen LogP) is 1.93. The van der Waals surface area contributed by atoms with Gasteiger partial charge in [-0.2, -0.15) is 0 Å². The van der Waals surface area contributed by atoms with Gasteiger partial charge in [0, 0.05) is 12.0 Å². The van der Waals surface area contributed by atoms with Crippen molar-refractivity contribution in [3.63, 3.8) is 0 Å². The monoisotopic (exact) mass is 232 g/mol. The Hall–Kier alpha value is -1.85. The van der Waals surface area contributed by atoms with Crippen molar-refractivity contribution in [3.05, 3.63) is 34.6 Å². The van der Waals surface area contributed by atoms with Crippen LogP contribution >= 0.6 is 0 Å². The Morgan fingerprint density at radius 1 is 1.25 bits per heavy atom. The molecule has 16 heavy (non-hydrogen) atoms. The second-order valence-electron chi connectivity index (χ2n) is 3.20. The number of benzene rings is 1. The highest BCUT2D eigenvalue weighted by atomic mass is 19.2. The van der Waals surface area contributed by atoms with E-state index in [9.17, 15) is 22.8 Å². The molecular formula is C10H7F3O3. The van der Waals surface area contributed by atoms with Gasteiger partial charge in [-0.1, -0.05) is 0 Å². The highest BCUT2D eigenvalue weighted by Gasteiger charge is 2.23. The van der Waals surface area contributed by atoms with Crippen molar-refractivity contribution in [2.45, 2.75) is 13.3 Å². The van der Waals surface area contributed by atoms with E-state index in [0.29, 0.717) is 6.07 Å². The molecule has 0 heterocycles. The number of Topliss-reactive ketones (excluding diaryl/α,β-unsaturated/α-hetero) is 1. The van der Waals surface area contributed by atoms with E-state index < -0.39 is 46.8 Å². The van der Waals surface area contributed by atoms with Crippen molar-refractivity contribution < 1.29 is 27.9 Å². The van der Waals surface area contributed by atoms with Crippen LogP contribution in [-0.2, 0) is 11.2 Å². The lowest BCUT2D eigenvalue weighted by Gasteiger charge is -2.05. The zero-order valence-corrected chi connectivity index (χ0v) is 8.18. The van der Waals surface area contributed by atoms with Gasteiger partial charge in [0.15, 0.2) is 11.6 Å². The summed E-state index contributed by atoms with van der Waals surface area (Å²) >= 11 is 0. The number of carboxylic acids is 1. The van der Waals surface area contributed by atoms with Crippen LogP contribution in [0.15, 0.2) is 6.07 Å². The molecule has 1 rings (SSSR count). The Morgan fingerprint density at radius 2 is 1.81 bits per heavy atom. The van der Waals surface area contributed by atoms with Gasteiger partial charge in [0.1, 0.15) is 17.2 Å². The number of aromatic carboxylic acids is 1. The van der Waals surface area contributed by atoms with E-state index in [1.54, 1.807) is 0 Å². The van der Waals surface area contributed by atoms with Crippen molar-refractivity contribution in [1.82, 2.24) is 0 Å². The minimum absolute atomic E-state index is 0.485. The summed E-state index contributed by atoms with van der Waals surface area (Å²) in [5.41, 5.74) is -1.85. The largest absolute Gasteiger partial charge is 0.477 e. The van der Waals surface area contributed by atoms with Gasteiger partial charge in [-0.25, -0.2) is 18.0 Å². The molecule has 1 aromatic carbocycles. The summed E-state index contributed by atoms with van der Waals surface area (Å²) in [5.74, 6) is -7.08. The first-order valence-corrected chi connectivity index (χ1v) is 4.23. The summed E-state index contributed by atoms with van der Waals surface area (Å²) in [6.45, 7) is 1.13. The van der Waals surface area contributed by atoms with Crippen LogP contribution in [-0.4, -0.2) is 16.9 Å². The van der Waals surface area contributed by atoms with E-state index in [1.165, 1.54) is 0 Å². The molecule has 0 aliphatic heterocycles. The molecule has 0 radical (unpaired) electrons. The lowest BCUT2D eigenvalue weighted by Crippen LogP contribution is -2.11. The Balaban J connectivity index is 3.39. The van der Waals surface area contributed by atoms with E-state index in [1.807, 2.05) is 0 Å².